The van der Waals surface area contributed by atoms with E-state index in [1.54, 1.807) is 0 Å². The van der Waals surface area contributed by atoms with Crippen molar-refractivity contribution in [1.29, 1.82) is 0 Å². The summed E-state index contributed by atoms with van der Waals surface area (Å²) in [6.45, 7) is 3.36. The molecule has 90 valence electrons. The van der Waals surface area contributed by atoms with Gasteiger partial charge in [0.2, 0.25) is 0 Å². The molecule has 0 radical (unpaired) electrons. The Morgan fingerprint density at radius 2 is 2.18 bits per heavy atom. The molecule has 17 heavy (non-hydrogen) atoms. The Kier molecular flexibility index (Phi) is 4.80. The zero-order valence-electron chi connectivity index (χ0n) is 9.82. The van der Waals surface area contributed by atoms with Gasteiger partial charge in [-0.2, -0.15) is 0 Å². The van der Waals surface area contributed by atoms with Gasteiger partial charge in [0.05, 0.1) is 0 Å². The number of rotatable bonds is 5. The first-order chi connectivity index (χ1) is 8.40. The van der Waals surface area contributed by atoms with E-state index in [0.29, 0.717) is 26.6 Å². The summed E-state index contributed by atoms with van der Waals surface area (Å²) in [6.07, 6.45) is 5.88. The van der Waals surface area contributed by atoms with Gasteiger partial charge in [-0.05, 0) is 0 Å². The maximum atomic E-state index is 5.45. The second-order valence-electron chi connectivity index (χ2n) is 3.56. The average Bonchev–Trinajstić information content (AvgIpc) is 2.39. The predicted octanol–water partition coefficient (Wildman–Crippen LogP) is 1.19. The summed E-state index contributed by atoms with van der Waals surface area (Å²) in [4.78, 5) is 6.70. The first kappa shape index (κ1) is 12.4. The van der Waals surface area contributed by atoms with Crippen molar-refractivity contribution in [3.63, 3.8) is 0 Å². The van der Waals surface area contributed by atoms with Crippen molar-refractivity contribution >= 4 is 25.8 Å². The fourth-order valence-corrected chi connectivity index (χ4v) is 3.56. The van der Waals surface area contributed by atoms with Crippen LogP contribution in [-0.2, 0) is 4.74 Å². The van der Waals surface area contributed by atoms with E-state index < -0.39 is 0 Å². The topological polar surface area (TPSA) is 24.8 Å². The van der Waals surface area contributed by atoms with Crippen LogP contribution in [0.1, 0.15) is 6.92 Å². The molecule has 1 aromatic carbocycles. The Morgan fingerprint density at radius 3 is 2.94 bits per heavy atom. The number of nitrogens with zero attached hydrogens (tertiary/aromatic N) is 2. The van der Waals surface area contributed by atoms with Gasteiger partial charge in [-0.25, -0.2) is 0 Å². The molecule has 3 nitrogen and oxygen atoms in total. The summed E-state index contributed by atoms with van der Waals surface area (Å²) in [5, 5.41) is 0. The summed E-state index contributed by atoms with van der Waals surface area (Å²) in [6, 6.07) is 10.6. The molecule has 0 amide bonds. The Hall–Kier alpha value is -1.09. The zero-order chi connectivity index (χ0) is 11.9. The fraction of sp³-hybridized carbons (Fsp3) is 0.308. The minimum atomic E-state index is 0.376. The summed E-state index contributed by atoms with van der Waals surface area (Å²) in [5.41, 5.74) is 0. The molecule has 0 bridgehead atoms. The summed E-state index contributed by atoms with van der Waals surface area (Å²) in [5.74, 6) is 0. The van der Waals surface area contributed by atoms with Crippen LogP contribution < -0.4 is 4.46 Å². The van der Waals surface area contributed by atoms with E-state index in [4.69, 9.17) is 4.74 Å². The molecule has 4 heteroatoms. The van der Waals surface area contributed by atoms with E-state index in [1.165, 1.54) is 4.46 Å². The van der Waals surface area contributed by atoms with Crippen molar-refractivity contribution in [2.24, 2.45) is 4.99 Å². The fourth-order valence-electron chi connectivity index (χ4n) is 1.47. The maximum absolute atomic E-state index is 5.45. The molecule has 2 rings (SSSR count). The van der Waals surface area contributed by atoms with Gasteiger partial charge < -0.3 is 0 Å². The van der Waals surface area contributed by atoms with Gasteiger partial charge in [0.1, 0.15) is 0 Å². The molecule has 0 aromatic heterocycles. The van der Waals surface area contributed by atoms with Gasteiger partial charge in [0, 0.05) is 0 Å². The van der Waals surface area contributed by atoms with Gasteiger partial charge in [-0.15, -0.1) is 0 Å². The van der Waals surface area contributed by atoms with Gasteiger partial charge in [-0.1, -0.05) is 0 Å². The van der Waals surface area contributed by atoms with Crippen molar-refractivity contribution in [3.05, 3.63) is 42.6 Å². The molecule has 0 fully saturated rings. The molecule has 1 unspecified atom stereocenters. The van der Waals surface area contributed by atoms with Crippen LogP contribution in [-0.4, -0.2) is 44.5 Å². The molecule has 0 spiro atoms. The second-order valence-corrected chi connectivity index (χ2v) is 6.06. The van der Waals surface area contributed by atoms with E-state index in [1.807, 2.05) is 19.5 Å². The number of aliphatic imine (C=N–C) groups is 1. The third-order valence-corrected chi connectivity index (χ3v) is 4.87. The summed E-state index contributed by atoms with van der Waals surface area (Å²) >= 11 is 0.376. The first-order valence-corrected chi connectivity index (χ1v) is 7.50. The Morgan fingerprint density at radius 1 is 1.35 bits per heavy atom. The van der Waals surface area contributed by atoms with Gasteiger partial charge in [0.25, 0.3) is 0 Å². The SMILES string of the molecule is CCOCN1C=NC=CC1[Se]c1ccccc1. The molecule has 0 saturated heterocycles. The van der Waals surface area contributed by atoms with Crippen LogP contribution in [0, 0.1) is 0 Å². The van der Waals surface area contributed by atoms with E-state index in [-0.39, 0.29) is 0 Å². The number of benzene rings is 1. The van der Waals surface area contributed by atoms with Gasteiger partial charge in [0.15, 0.2) is 0 Å². The molecule has 1 aliphatic rings. The van der Waals surface area contributed by atoms with E-state index in [2.05, 4.69) is 46.3 Å². The third kappa shape index (κ3) is 3.70. The van der Waals surface area contributed by atoms with Gasteiger partial charge >= 0.3 is 108 Å². The molecule has 0 aliphatic carbocycles. The monoisotopic (exact) mass is 296 g/mol. The Labute approximate surface area is 108 Å². The van der Waals surface area contributed by atoms with Crippen molar-refractivity contribution < 1.29 is 4.74 Å². The predicted molar refractivity (Wildman–Crippen MR) is 71.6 cm³/mol. The van der Waals surface area contributed by atoms with Crippen molar-refractivity contribution in [2.75, 3.05) is 13.3 Å². The van der Waals surface area contributed by atoms with E-state index in [9.17, 15) is 0 Å². The van der Waals surface area contributed by atoms with Crippen LogP contribution in [0.4, 0.5) is 0 Å². The quantitative estimate of drug-likeness (QED) is 0.762. The molecule has 0 N–H and O–H groups in total. The zero-order valence-corrected chi connectivity index (χ0v) is 11.5. The normalized spacial score (nSPS) is 18.6. The average molecular weight is 295 g/mol. The molecular weight excluding hydrogens is 279 g/mol. The molecule has 0 saturated carbocycles. The second kappa shape index (κ2) is 6.60. The summed E-state index contributed by atoms with van der Waals surface area (Å²) < 4.78 is 6.85. The van der Waals surface area contributed by atoms with E-state index in [0.717, 1.165) is 6.61 Å². The first-order valence-electron chi connectivity index (χ1n) is 5.65. The van der Waals surface area contributed by atoms with Crippen LogP contribution in [0.3, 0.4) is 0 Å². The van der Waals surface area contributed by atoms with Crippen LogP contribution in [0.15, 0.2) is 47.6 Å². The Balaban J connectivity index is 1.98. The van der Waals surface area contributed by atoms with E-state index >= 15 is 0 Å². The molecular formula is C13H16N2OSe. The van der Waals surface area contributed by atoms with Crippen LogP contribution in [0.5, 0.6) is 0 Å². The Bertz CT molecular complexity index is 392. The van der Waals surface area contributed by atoms with Crippen LogP contribution in [0.2, 0.25) is 0 Å². The molecule has 1 heterocycles. The van der Waals surface area contributed by atoms with Crippen molar-refractivity contribution in [1.82, 2.24) is 4.90 Å². The molecule has 1 atom stereocenters. The molecule has 1 aromatic rings. The van der Waals surface area contributed by atoms with Crippen LogP contribution >= 0.6 is 0 Å². The summed E-state index contributed by atoms with van der Waals surface area (Å²) in [7, 11) is 0. The van der Waals surface area contributed by atoms with Crippen LogP contribution in [0.25, 0.3) is 0 Å². The number of hydrogen-bond donors (Lipinski definition) is 0. The van der Waals surface area contributed by atoms with Crippen molar-refractivity contribution in [3.8, 4) is 0 Å². The third-order valence-electron chi connectivity index (χ3n) is 2.32. The molecule has 1 aliphatic heterocycles. The minimum absolute atomic E-state index is 0.376. The number of ether oxygens (including phenoxy) is 1. The standard InChI is InChI=1S/C13H16N2OSe/c1-2-16-11-15-10-14-9-8-13(15)17-12-6-4-3-5-7-12/h3-10,13H,2,11H2,1H3. The van der Waals surface area contributed by atoms with Gasteiger partial charge in [-0.3, -0.25) is 0 Å². The number of hydrogen-bond acceptors (Lipinski definition) is 3. The van der Waals surface area contributed by atoms with Crippen molar-refractivity contribution in [2.45, 2.75) is 11.9 Å².